The number of hydrogen-bond donors (Lipinski definition) is 1. The first-order valence-electron chi connectivity index (χ1n) is 10.3. The minimum Gasteiger partial charge on any atom is -0.338 e. The number of urea groups is 1. The van der Waals surface area contributed by atoms with Crippen LogP contribution in [0, 0.1) is 20.8 Å². The molecular formula is C24H30N4O2. The number of amides is 3. The fourth-order valence-corrected chi connectivity index (χ4v) is 3.52. The van der Waals surface area contributed by atoms with Gasteiger partial charge < -0.3 is 10.2 Å². The summed E-state index contributed by atoms with van der Waals surface area (Å²) < 4.78 is 0. The van der Waals surface area contributed by atoms with E-state index in [1.54, 1.807) is 12.1 Å². The van der Waals surface area contributed by atoms with Crippen molar-refractivity contribution in [3.05, 3.63) is 70.3 Å². The average molecular weight is 407 g/mol. The molecule has 6 nitrogen and oxygen atoms in total. The predicted molar refractivity (Wildman–Crippen MR) is 120 cm³/mol. The zero-order valence-corrected chi connectivity index (χ0v) is 18.4. The third-order valence-electron chi connectivity index (χ3n) is 5.52. The number of nitrogens with one attached hydrogen (secondary N) is 1. The van der Waals surface area contributed by atoms with Gasteiger partial charge in [-0.15, -0.1) is 0 Å². The van der Waals surface area contributed by atoms with Crippen LogP contribution in [-0.2, 0) is 4.79 Å². The van der Waals surface area contributed by atoms with Crippen molar-refractivity contribution in [3.63, 3.8) is 0 Å². The van der Waals surface area contributed by atoms with Crippen LogP contribution in [0.4, 0.5) is 4.79 Å². The van der Waals surface area contributed by atoms with Crippen molar-refractivity contribution in [3.8, 4) is 0 Å². The molecule has 0 radical (unpaired) electrons. The molecule has 0 saturated carbocycles. The van der Waals surface area contributed by atoms with E-state index in [1.165, 1.54) is 21.6 Å². The number of aryl methyl sites for hydroxylation is 3. The summed E-state index contributed by atoms with van der Waals surface area (Å²) in [5, 5.41) is 8.97. The van der Waals surface area contributed by atoms with Gasteiger partial charge in [0.05, 0.1) is 11.8 Å². The van der Waals surface area contributed by atoms with Gasteiger partial charge in [-0.25, -0.2) is 9.80 Å². The molecule has 2 aromatic rings. The van der Waals surface area contributed by atoms with Crippen LogP contribution in [-0.4, -0.2) is 47.7 Å². The summed E-state index contributed by atoms with van der Waals surface area (Å²) in [5.74, 6) is -0.201. The Morgan fingerprint density at radius 1 is 1.10 bits per heavy atom. The molecule has 0 fully saturated rings. The third kappa shape index (κ3) is 4.70. The number of nitrogens with zero attached hydrogens (tertiary/aromatic N) is 3. The van der Waals surface area contributed by atoms with Crippen LogP contribution in [0.3, 0.4) is 0 Å². The molecule has 0 spiro atoms. The van der Waals surface area contributed by atoms with E-state index in [4.69, 9.17) is 5.10 Å². The van der Waals surface area contributed by atoms with Crippen molar-refractivity contribution in [2.24, 2.45) is 5.10 Å². The lowest BCUT2D eigenvalue weighted by Gasteiger charge is -2.25. The lowest BCUT2D eigenvalue weighted by atomic mass is 9.96. The Morgan fingerprint density at radius 2 is 1.80 bits per heavy atom. The number of carbonyl (C=O) groups is 2. The van der Waals surface area contributed by atoms with E-state index in [-0.39, 0.29) is 24.5 Å². The third-order valence-corrected chi connectivity index (χ3v) is 5.52. The molecule has 6 heteroatoms. The first-order chi connectivity index (χ1) is 14.3. The van der Waals surface area contributed by atoms with Gasteiger partial charge in [0.15, 0.2) is 0 Å². The summed E-state index contributed by atoms with van der Waals surface area (Å²) in [6, 6.07) is 14.0. The maximum atomic E-state index is 13.1. The minimum atomic E-state index is -0.268. The van der Waals surface area contributed by atoms with Crippen LogP contribution in [0.2, 0.25) is 0 Å². The SMILES string of the molecule is CCNC(=O)N(C)CC(=O)N1N=C(c2ccc(C)c(C)c2)C[C@@H]1c1ccc(C)cc1. The van der Waals surface area contributed by atoms with Gasteiger partial charge in [-0.3, -0.25) is 4.79 Å². The van der Waals surface area contributed by atoms with Crippen LogP contribution < -0.4 is 5.32 Å². The molecule has 1 aliphatic rings. The molecule has 1 N–H and O–H groups in total. The van der Waals surface area contributed by atoms with Crippen LogP contribution >= 0.6 is 0 Å². The lowest BCUT2D eigenvalue weighted by Crippen LogP contribution is -2.43. The summed E-state index contributed by atoms with van der Waals surface area (Å²) >= 11 is 0. The zero-order valence-electron chi connectivity index (χ0n) is 18.4. The van der Waals surface area contributed by atoms with Gasteiger partial charge in [-0.2, -0.15) is 5.10 Å². The number of hydrazone groups is 1. The maximum Gasteiger partial charge on any atom is 0.317 e. The normalized spacial score (nSPS) is 15.7. The maximum absolute atomic E-state index is 13.1. The molecule has 2 aromatic carbocycles. The van der Waals surface area contributed by atoms with Crippen LogP contribution in [0.1, 0.15) is 47.2 Å². The van der Waals surface area contributed by atoms with E-state index in [1.807, 2.05) is 38.1 Å². The highest BCUT2D eigenvalue weighted by atomic mass is 16.2. The van der Waals surface area contributed by atoms with Gasteiger partial charge in [0.25, 0.3) is 5.91 Å². The van der Waals surface area contributed by atoms with Crippen molar-refractivity contribution in [1.82, 2.24) is 15.2 Å². The van der Waals surface area contributed by atoms with Crippen molar-refractivity contribution >= 4 is 17.6 Å². The smallest absolute Gasteiger partial charge is 0.317 e. The summed E-state index contributed by atoms with van der Waals surface area (Å²) in [6.45, 7) is 8.54. The average Bonchev–Trinajstić information content (AvgIpc) is 3.16. The predicted octanol–water partition coefficient (Wildman–Crippen LogP) is 3.95. The molecule has 0 aliphatic carbocycles. The number of likely N-dealkylation sites (N-methyl/N-ethyl adjacent to an activating group) is 1. The molecule has 0 bridgehead atoms. The second-order valence-electron chi connectivity index (χ2n) is 7.91. The Labute approximate surface area is 178 Å². The molecule has 0 saturated heterocycles. The molecule has 0 unspecified atom stereocenters. The minimum absolute atomic E-state index is 0.0299. The van der Waals surface area contributed by atoms with Crippen molar-refractivity contribution < 1.29 is 9.59 Å². The van der Waals surface area contributed by atoms with Crippen molar-refractivity contribution in [2.45, 2.75) is 40.2 Å². The standard InChI is InChI=1S/C24H30N4O2/c1-6-25-24(30)27(5)15-23(29)28-22(19-10-7-16(2)8-11-19)14-21(26-28)20-12-9-17(3)18(4)13-20/h7-13,22H,6,14-15H2,1-5H3,(H,25,30)/t22-/m1/s1. The number of benzene rings is 2. The molecule has 1 heterocycles. The zero-order chi connectivity index (χ0) is 21.8. The Bertz CT molecular complexity index is 966. The van der Waals surface area contributed by atoms with Crippen molar-refractivity contribution in [1.29, 1.82) is 0 Å². The second-order valence-corrected chi connectivity index (χ2v) is 7.91. The molecule has 30 heavy (non-hydrogen) atoms. The van der Waals surface area contributed by atoms with E-state index in [0.29, 0.717) is 13.0 Å². The van der Waals surface area contributed by atoms with E-state index < -0.39 is 0 Å². The van der Waals surface area contributed by atoms with E-state index in [2.05, 4.69) is 37.4 Å². The second kappa shape index (κ2) is 9.11. The van der Waals surface area contributed by atoms with Crippen molar-refractivity contribution in [2.75, 3.05) is 20.1 Å². The van der Waals surface area contributed by atoms with Gasteiger partial charge in [0.1, 0.15) is 6.54 Å². The Kier molecular flexibility index (Phi) is 6.55. The highest BCUT2D eigenvalue weighted by Gasteiger charge is 2.33. The Morgan fingerprint density at radius 3 is 2.43 bits per heavy atom. The van der Waals surface area contributed by atoms with Crippen LogP contribution in [0.15, 0.2) is 47.6 Å². The summed E-state index contributed by atoms with van der Waals surface area (Å²) in [4.78, 5) is 26.5. The van der Waals surface area contributed by atoms with Gasteiger partial charge in [0.2, 0.25) is 0 Å². The highest BCUT2D eigenvalue weighted by Crippen LogP contribution is 2.33. The van der Waals surface area contributed by atoms with Gasteiger partial charge in [-0.1, -0.05) is 42.0 Å². The lowest BCUT2D eigenvalue weighted by molar-refractivity contribution is -0.133. The number of carbonyl (C=O) groups excluding carboxylic acids is 2. The van der Waals surface area contributed by atoms with E-state index >= 15 is 0 Å². The monoisotopic (exact) mass is 406 g/mol. The Balaban J connectivity index is 1.90. The van der Waals surface area contributed by atoms with Gasteiger partial charge >= 0.3 is 6.03 Å². The largest absolute Gasteiger partial charge is 0.338 e. The number of hydrogen-bond acceptors (Lipinski definition) is 3. The molecule has 158 valence electrons. The quantitative estimate of drug-likeness (QED) is 0.817. The molecular weight excluding hydrogens is 376 g/mol. The van der Waals surface area contributed by atoms with Gasteiger partial charge in [0, 0.05) is 20.0 Å². The fourth-order valence-electron chi connectivity index (χ4n) is 3.52. The van der Waals surface area contributed by atoms with E-state index in [0.717, 1.165) is 16.8 Å². The Hall–Kier alpha value is -3.15. The van der Waals surface area contributed by atoms with Crippen LogP contribution in [0.25, 0.3) is 0 Å². The summed E-state index contributed by atoms with van der Waals surface area (Å²) in [7, 11) is 1.62. The fraction of sp³-hybridized carbons (Fsp3) is 0.375. The molecule has 3 amide bonds. The highest BCUT2D eigenvalue weighted by molar-refractivity contribution is 6.03. The molecule has 1 atom stereocenters. The molecule has 1 aliphatic heterocycles. The molecule has 3 rings (SSSR count). The molecule has 0 aromatic heterocycles. The van der Waals surface area contributed by atoms with E-state index in [9.17, 15) is 9.59 Å². The van der Waals surface area contributed by atoms with Crippen LogP contribution in [0.5, 0.6) is 0 Å². The first kappa shape index (κ1) is 21.6. The first-order valence-corrected chi connectivity index (χ1v) is 10.3. The summed E-state index contributed by atoms with van der Waals surface area (Å²) in [5.41, 5.74) is 6.55. The van der Waals surface area contributed by atoms with Gasteiger partial charge in [-0.05, 0) is 56.0 Å². The topological polar surface area (TPSA) is 65.0 Å². The summed E-state index contributed by atoms with van der Waals surface area (Å²) in [6.07, 6.45) is 0.641. The number of rotatable bonds is 5.